The van der Waals surface area contributed by atoms with Crippen molar-refractivity contribution in [2.45, 2.75) is 32.1 Å². The van der Waals surface area contributed by atoms with Crippen LogP contribution in [0, 0.1) is 0 Å². The zero-order chi connectivity index (χ0) is 16.9. The molecular weight excluding hydrogens is 300 g/mol. The summed E-state index contributed by atoms with van der Waals surface area (Å²) in [5.74, 6) is -0.0502. The van der Waals surface area contributed by atoms with Gasteiger partial charge in [-0.1, -0.05) is 36.3 Å². The molecule has 0 heterocycles. The van der Waals surface area contributed by atoms with Crippen molar-refractivity contribution in [1.29, 1.82) is 0 Å². The summed E-state index contributed by atoms with van der Waals surface area (Å²) in [5.41, 5.74) is 5.45. The van der Waals surface area contributed by atoms with E-state index in [0.717, 1.165) is 24.0 Å². The highest BCUT2D eigenvalue weighted by atomic mass is 16.5. The number of rotatable bonds is 3. The minimum absolute atomic E-state index is 0.271. The van der Waals surface area contributed by atoms with Crippen LogP contribution in [0.5, 0.6) is 5.75 Å². The zero-order valence-corrected chi connectivity index (χ0v) is 13.9. The Morgan fingerprint density at radius 1 is 0.833 bits per heavy atom. The number of phenolic OH excluding ortho intramolecular Hbond substituents is 1. The average Bonchev–Trinajstić information content (AvgIpc) is 2.64. The molecule has 2 aromatic carbocycles. The predicted octanol–water partition coefficient (Wildman–Crippen LogP) is 4.94. The van der Waals surface area contributed by atoms with E-state index in [1.807, 2.05) is 36.4 Å². The third-order valence-electron chi connectivity index (χ3n) is 4.56. The van der Waals surface area contributed by atoms with Crippen molar-refractivity contribution in [3.63, 3.8) is 0 Å². The highest BCUT2D eigenvalue weighted by Crippen LogP contribution is 2.35. The average molecular weight is 322 g/mol. The number of carbonyl (C=O) groups excluding carboxylic acids is 1. The molecule has 0 bridgehead atoms. The number of aromatic hydroxyl groups is 1. The molecule has 124 valence electrons. The van der Waals surface area contributed by atoms with Gasteiger partial charge in [-0.05, 0) is 66.6 Å². The Hall–Kier alpha value is -2.55. The molecule has 1 fully saturated rings. The lowest BCUT2D eigenvalue weighted by atomic mass is 9.85. The quantitative estimate of drug-likeness (QED) is 0.814. The molecule has 3 heteroatoms. The molecule has 1 N–H and O–H groups in total. The Bertz CT molecular complexity index is 732. The molecule has 24 heavy (non-hydrogen) atoms. The van der Waals surface area contributed by atoms with E-state index in [0.29, 0.717) is 5.56 Å². The first kappa shape index (κ1) is 16.3. The van der Waals surface area contributed by atoms with Crippen molar-refractivity contribution in [2.75, 3.05) is 7.11 Å². The van der Waals surface area contributed by atoms with Gasteiger partial charge in [-0.3, -0.25) is 0 Å². The topological polar surface area (TPSA) is 46.5 Å². The van der Waals surface area contributed by atoms with Gasteiger partial charge in [-0.25, -0.2) is 4.79 Å². The van der Waals surface area contributed by atoms with Crippen LogP contribution in [-0.4, -0.2) is 18.2 Å². The van der Waals surface area contributed by atoms with Gasteiger partial charge in [0.15, 0.2) is 0 Å². The van der Waals surface area contributed by atoms with Gasteiger partial charge in [-0.2, -0.15) is 0 Å². The van der Waals surface area contributed by atoms with Crippen molar-refractivity contribution in [3.8, 4) is 5.75 Å². The molecular formula is C21H22O3. The second kappa shape index (κ2) is 7.35. The van der Waals surface area contributed by atoms with E-state index in [2.05, 4.69) is 0 Å². The molecule has 0 atom stereocenters. The van der Waals surface area contributed by atoms with Crippen molar-refractivity contribution < 1.29 is 14.6 Å². The summed E-state index contributed by atoms with van der Waals surface area (Å²) in [6.45, 7) is 0. The molecule has 1 saturated carbocycles. The number of benzene rings is 2. The van der Waals surface area contributed by atoms with Gasteiger partial charge < -0.3 is 9.84 Å². The minimum Gasteiger partial charge on any atom is -0.508 e. The van der Waals surface area contributed by atoms with Gasteiger partial charge in [0.05, 0.1) is 12.7 Å². The van der Waals surface area contributed by atoms with Crippen LogP contribution >= 0.6 is 0 Å². The SMILES string of the molecule is COC(=O)c1ccc(C(=C2CCCCC2)c2ccc(O)cc2)cc1. The van der Waals surface area contributed by atoms with E-state index < -0.39 is 0 Å². The van der Waals surface area contributed by atoms with Crippen LogP contribution in [0.3, 0.4) is 0 Å². The summed E-state index contributed by atoms with van der Waals surface area (Å²) in [4.78, 5) is 11.6. The van der Waals surface area contributed by atoms with Crippen LogP contribution in [0.1, 0.15) is 53.6 Å². The maximum atomic E-state index is 11.6. The van der Waals surface area contributed by atoms with Crippen molar-refractivity contribution >= 4 is 11.5 Å². The van der Waals surface area contributed by atoms with Crippen LogP contribution in [-0.2, 0) is 4.74 Å². The third-order valence-corrected chi connectivity index (χ3v) is 4.56. The normalized spacial score (nSPS) is 14.3. The van der Waals surface area contributed by atoms with Crippen molar-refractivity contribution in [2.24, 2.45) is 0 Å². The Morgan fingerprint density at radius 2 is 1.33 bits per heavy atom. The fourth-order valence-corrected chi connectivity index (χ4v) is 3.32. The van der Waals surface area contributed by atoms with Crippen LogP contribution in [0.15, 0.2) is 54.1 Å². The summed E-state index contributed by atoms with van der Waals surface area (Å²) in [6.07, 6.45) is 5.94. The molecule has 3 rings (SSSR count). The monoisotopic (exact) mass is 322 g/mol. The standard InChI is InChI=1S/C21H22O3/c1-24-21(23)18-9-7-16(8-10-18)20(15-5-3-2-4-6-15)17-11-13-19(22)14-12-17/h7-14,22H,2-6H2,1H3. The van der Waals surface area contributed by atoms with Crippen LogP contribution in [0.25, 0.3) is 5.57 Å². The molecule has 3 nitrogen and oxygen atoms in total. The van der Waals surface area contributed by atoms with Gasteiger partial charge in [0.2, 0.25) is 0 Å². The first-order valence-corrected chi connectivity index (χ1v) is 8.39. The molecule has 0 radical (unpaired) electrons. The largest absolute Gasteiger partial charge is 0.508 e. The maximum Gasteiger partial charge on any atom is 0.337 e. The molecule has 0 aliphatic heterocycles. The Kier molecular flexibility index (Phi) is 4.99. The summed E-state index contributed by atoms with van der Waals surface area (Å²) in [5, 5.41) is 9.58. The number of hydrogen-bond donors (Lipinski definition) is 1. The third kappa shape index (κ3) is 3.51. The van der Waals surface area contributed by atoms with E-state index in [1.165, 1.54) is 37.5 Å². The molecule has 0 saturated heterocycles. The molecule has 0 amide bonds. The Balaban J connectivity index is 2.04. The summed E-state index contributed by atoms with van der Waals surface area (Å²) < 4.78 is 4.77. The lowest BCUT2D eigenvalue weighted by Gasteiger charge is -2.20. The summed E-state index contributed by atoms with van der Waals surface area (Å²) >= 11 is 0. The van der Waals surface area contributed by atoms with Crippen LogP contribution in [0.4, 0.5) is 0 Å². The maximum absolute atomic E-state index is 11.6. The number of hydrogen-bond acceptors (Lipinski definition) is 3. The number of phenols is 1. The van der Waals surface area contributed by atoms with Crippen molar-refractivity contribution in [1.82, 2.24) is 0 Å². The zero-order valence-electron chi connectivity index (χ0n) is 13.9. The van der Waals surface area contributed by atoms with Gasteiger partial charge >= 0.3 is 5.97 Å². The molecule has 0 unspecified atom stereocenters. The van der Waals surface area contributed by atoms with E-state index in [1.54, 1.807) is 12.1 Å². The van der Waals surface area contributed by atoms with Crippen molar-refractivity contribution in [3.05, 3.63) is 70.8 Å². The van der Waals surface area contributed by atoms with Gasteiger partial charge in [-0.15, -0.1) is 0 Å². The van der Waals surface area contributed by atoms with Gasteiger partial charge in [0.1, 0.15) is 5.75 Å². The second-order valence-corrected chi connectivity index (χ2v) is 6.16. The molecule has 1 aliphatic rings. The smallest absolute Gasteiger partial charge is 0.337 e. The predicted molar refractivity (Wildman–Crippen MR) is 95.0 cm³/mol. The second-order valence-electron chi connectivity index (χ2n) is 6.16. The molecule has 2 aromatic rings. The Morgan fingerprint density at radius 3 is 1.88 bits per heavy atom. The van der Waals surface area contributed by atoms with Crippen LogP contribution < -0.4 is 0 Å². The molecule has 0 spiro atoms. The molecule has 0 aromatic heterocycles. The number of ether oxygens (including phenoxy) is 1. The number of allylic oxidation sites excluding steroid dienone is 1. The first-order chi connectivity index (χ1) is 11.7. The van der Waals surface area contributed by atoms with E-state index in [-0.39, 0.29) is 11.7 Å². The van der Waals surface area contributed by atoms with Gasteiger partial charge in [0.25, 0.3) is 0 Å². The van der Waals surface area contributed by atoms with Gasteiger partial charge in [0, 0.05) is 0 Å². The molecule has 1 aliphatic carbocycles. The summed E-state index contributed by atoms with van der Waals surface area (Å²) in [6, 6.07) is 15.0. The van der Waals surface area contributed by atoms with Crippen LogP contribution in [0.2, 0.25) is 0 Å². The van der Waals surface area contributed by atoms with E-state index >= 15 is 0 Å². The lowest BCUT2D eigenvalue weighted by Crippen LogP contribution is -2.03. The van der Waals surface area contributed by atoms with E-state index in [9.17, 15) is 9.90 Å². The number of carbonyl (C=O) groups is 1. The first-order valence-electron chi connectivity index (χ1n) is 8.39. The highest BCUT2D eigenvalue weighted by molar-refractivity contribution is 5.90. The van der Waals surface area contributed by atoms with E-state index in [4.69, 9.17) is 4.74 Å². The number of methoxy groups -OCH3 is 1. The number of esters is 1. The lowest BCUT2D eigenvalue weighted by molar-refractivity contribution is 0.0600. The fraction of sp³-hybridized carbons (Fsp3) is 0.286. The fourth-order valence-electron chi connectivity index (χ4n) is 3.32. The Labute approximate surface area is 142 Å². The minimum atomic E-state index is -0.321. The summed E-state index contributed by atoms with van der Waals surface area (Å²) in [7, 11) is 1.39. The highest BCUT2D eigenvalue weighted by Gasteiger charge is 2.15.